The van der Waals surface area contributed by atoms with E-state index in [9.17, 15) is 9.59 Å². The van der Waals surface area contributed by atoms with Crippen LogP contribution in [-0.2, 0) is 0 Å². The summed E-state index contributed by atoms with van der Waals surface area (Å²) < 4.78 is 0. The Bertz CT molecular complexity index is 487. The normalized spacial score (nSPS) is 15.9. The fourth-order valence-electron chi connectivity index (χ4n) is 2.48. The lowest BCUT2D eigenvalue weighted by Gasteiger charge is -2.12. The Balaban J connectivity index is 2.21. The molecule has 1 aromatic rings. The van der Waals surface area contributed by atoms with Crippen molar-refractivity contribution in [2.75, 3.05) is 5.73 Å². The van der Waals surface area contributed by atoms with E-state index in [1.165, 1.54) is 31.1 Å². The number of Topliss-reactive ketones (excluding diaryl/α,β-unsaturated/α-hetero) is 1. The maximum atomic E-state index is 12.2. The smallest absolute Gasteiger partial charge is 0.254 e. The summed E-state index contributed by atoms with van der Waals surface area (Å²) in [4.78, 5) is 24.2. The van der Waals surface area contributed by atoms with Crippen LogP contribution in [0.25, 0.3) is 0 Å². The van der Waals surface area contributed by atoms with Crippen LogP contribution in [0.4, 0.5) is 5.00 Å². The number of hydrogen-bond acceptors (Lipinski definition) is 4. The summed E-state index contributed by atoms with van der Waals surface area (Å²) in [6.07, 6.45) is 4.41. The lowest BCUT2D eigenvalue weighted by molar-refractivity contribution is 0.0938. The van der Waals surface area contributed by atoms with E-state index in [0.29, 0.717) is 21.0 Å². The first-order valence-electron chi connectivity index (χ1n) is 6.21. The summed E-state index contributed by atoms with van der Waals surface area (Å²) in [5.41, 5.74) is 7.05. The van der Waals surface area contributed by atoms with Crippen molar-refractivity contribution in [3.05, 3.63) is 16.0 Å². The Hall–Kier alpha value is -1.36. The molecule has 0 atom stereocenters. The molecule has 0 spiro atoms. The second-order valence-corrected chi connectivity index (χ2v) is 5.86. The van der Waals surface area contributed by atoms with E-state index in [0.717, 1.165) is 12.8 Å². The van der Waals surface area contributed by atoms with Crippen molar-refractivity contribution in [2.45, 2.75) is 45.6 Å². The lowest BCUT2D eigenvalue weighted by atomic mass is 10.1. The molecule has 0 aromatic carbocycles. The molecule has 5 heteroatoms. The van der Waals surface area contributed by atoms with Crippen molar-refractivity contribution in [1.29, 1.82) is 0 Å². The molecule has 98 valence electrons. The number of ketones is 1. The van der Waals surface area contributed by atoms with E-state index >= 15 is 0 Å². The summed E-state index contributed by atoms with van der Waals surface area (Å²) in [6, 6.07) is 0.261. The number of hydrogen-bond donors (Lipinski definition) is 2. The van der Waals surface area contributed by atoms with Gasteiger partial charge in [0.1, 0.15) is 0 Å². The van der Waals surface area contributed by atoms with Gasteiger partial charge < -0.3 is 11.1 Å². The van der Waals surface area contributed by atoms with Crippen LogP contribution in [0, 0.1) is 6.92 Å². The maximum absolute atomic E-state index is 12.2. The zero-order valence-electron chi connectivity index (χ0n) is 10.7. The van der Waals surface area contributed by atoms with Gasteiger partial charge in [0.25, 0.3) is 5.91 Å². The van der Waals surface area contributed by atoms with Crippen LogP contribution >= 0.6 is 11.3 Å². The molecule has 1 aromatic heterocycles. The molecule has 0 unspecified atom stereocenters. The predicted molar refractivity (Wildman–Crippen MR) is 73.2 cm³/mol. The fraction of sp³-hybridized carbons (Fsp3) is 0.538. The van der Waals surface area contributed by atoms with Crippen molar-refractivity contribution >= 4 is 28.0 Å². The molecule has 18 heavy (non-hydrogen) atoms. The first kappa shape index (κ1) is 13.1. The van der Waals surface area contributed by atoms with E-state index in [1.807, 2.05) is 0 Å². The molecule has 0 saturated heterocycles. The Kier molecular flexibility index (Phi) is 3.71. The largest absolute Gasteiger partial charge is 0.390 e. The van der Waals surface area contributed by atoms with Gasteiger partial charge in [0.15, 0.2) is 5.78 Å². The average molecular weight is 266 g/mol. The predicted octanol–water partition coefficient (Wildman–Crippen LogP) is 2.51. The van der Waals surface area contributed by atoms with Gasteiger partial charge in [-0.3, -0.25) is 9.59 Å². The number of nitrogens with one attached hydrogen (secondary N) is 1. The molecular formula is C13H18N2O2S. The SMILES string of the molecule is CC(=O)c1sc(N)c(C(=O)NC2CCCC2)c1C. The van der Waals surface area contributed by atoms with Gasteiger partial charge in [-0.05, 0) is 32.3 Å². The molecule has 1 aliphatic carbocycles. The van der Waals surface area contributed by atoms with Crippen LogP contribution in [0.2, 0.25) is 0 Å². The summed E-state index contributed by atoms with van der Waals surface area (Å²) in [5, 5.41) is 3.44. The van der Waals surface area contributed by atoms with Gasteiger partial charge in [0.2, 0.25) is 0 Å². The van der Waals surface area contributed by atoms with Crippen LogP contribution in [0.15, 0.2) is 0 Å². The first-order chi connectivity index (χ1) is 8.50. The summed E-state index contributed by atoms with van der Waals surface area (Å²) in [7, 11) is 0. The highest BCUT2D eigenvalue weighted by molar-refractivity contribution is 7.18. The molecule has 0 bridgehead atoms. The van der Waals surface area contributed by atoms with Crippen LogP contribution in [0.1, 0.15) is 58.2 Å². The molecule has 0 radical (unpaired) electrons. The quantitative estimate of drug-likeness (QED) is 0.826. The van der Waals surface area contributed by atoms with Gasteiger partial charge in [-0.1, -0.05) is 12.8 Å². The molecule has 0 aliphatic heterocycles. The van der Waals surface area contributed by atoms with Crippen molar-refractivity contribution in [2.24, 2.45) is 0 Å². The topological polar surface area (TPSA) is 72.2 Å². The molecule has 1 heterocycles. The third-order valence-electron chi connectivity index (χ3n) is 3.41. The average Bonchev–Trinajstić information content (AvgIpc) is 2.86. The lowest BCUT2D eigenvalue weighted by Crippen LogP contribution is -2.33. The van der Waals surface area contributed by atoms with Crippen LogP contribution in [-0.4, -0.2) is 17.7 Å². The van der Waals surface area contributed by atoms with E-state index in [-0.39, 0.29) is 17.7 Å². The molecule has 1 aliphatic rings. The van der Waals surface area contributed by atoms with Crippen molar-refractivity contribution in [3.8, 4) is 0 Å². The van der Waals surface area contributed by atoms with Gasteiger partial charge in [-0.2, -0.15) is 0 Å². The minimum Gasteiger partial charge on any atom is -0.390 e. The van der Waals surface area contributed by atoms with Crippen molar-refractivity contribution in [3.63, 3.8) is 0 Å². The standard InChI is InChI=1S/C13H18N2O2S/c1-7-10(12(14)18-11(7)8(2)16)13(17)15-9-5-3-4-6-9/h9H,3-6,14H2,1-2H3,(H,15,17). The van der Waals surface area contributed by atoms with Gasteiger partial charge >= 0.3 is 0 Å². The van der Waals surface area contributed by atoms with Crippen LogP contribution < -0.4 is 11.1 Å². The highest BCUT2D eigenvalue weighted by Gasteiger charge is 2.24. The van der Waals surface area contributed by atoms with E-state index in [1.54, 1.807) is 6.92 Å². The van der Waals surface area contributed by atoms with Gasteiger partial charge in [0, 0.05) is 6.04 Å². The van der Waals surface area contributed by atoms with E-state index in [4.69, 9.17) is 5.73 Å². The molecule has 4 nitrogen and oxygen atoms in total. The Morgan fingerprint density at radius 2 is 1.94 bits per heavy atom. The van der Waals surface area contributed by atoms with Gasteiger partial charge in [-0.25, -0.2) is 0 Å². The van der Waals surface area contributed by atoms with Crippen LogP contribution in [0.3, 0.4) is 0 Å². The number of rotatable bonds is 3. The van der Waals surface area contributed by atoms with Gasteiger partial charge in [0.05, 0.1) is 15.4 Å². The highest BCUT2D eigenvalue weighted by Crippen LogP contribution is 2.31. The maximum Gasteiger partial charge on any atom is 0.254 e. The zero-order valence-corrected chi connectivity index (χ0v) is 11.5. The highest BCUT2D eigenvalue weighted by atomic mass is 32.1. The third kappa shape index (κ3) is 2.41. The van der Waals surface area contributed by atoms with Gasteiger partial charge in [-0.15, -0.1) is 11.3 Å². The molecule has 2 rings (SSSR count). The number of carbonyl (C=O) groups excluding carboxylic acids is 2. The molecule has 3 N–H and O–H groups in total. The minimum atomic E-state index is -0.138. The minimum absolute atomic E-state index is 0.0379. The molecule has 1 saturated carbocycles. The number of amides is 1. The monoisotopic (exact) mass is 266 g/mol. The van der Waals surface area contributed by atoms with E-state index < -0.39 is 0 Å². The number of nitrogens with two attached hydrogens (primary N) is 1. The third-order valence-corrected chi connectivity index (χ3v) is 4.63. The Morgan fingerprint density at radius 3 is 2.44 bits per heavy atom. The molecular weight excluding hydrogens is 248 g/mol. The second-order valence-electron chi connectivity index (χ2n) is 4.81. The number of nitrogen functional groups attached to an aromatic ring is 1. The van der Waals surface area contributed by atoms with Crippen molar-refractivity contribution in [1.82, 2.24) is 5.32 Å². The zero-order chi connectivity index (χ0) is 13.3. The number of thiophene rings is 1. The summed E-state index contributed by atoms with van der Waals surface area (Å²) in [6.45, 7) is 3.28. The van der Waals surface area contributed by atoms with Crippen molar-refractivity contribution < 1.29 is 9.59 Å². The Morgan fingerprint density at radius 1 is 1.33 bits per heavy atom. The second kappa shape index (κ2) is 5.10. The number of carbonyl (C=O) groups is 2. The van der Waals surface area contributed by atoms with E-state index in [2.05, 4.69) is 5.32 Å². The summed E-state index contributed by atoms with van der Waals surface area (Å²) in [5.74, 6) is -0.176. The molecule has 1 fully saturated rings. The fourth-order valence-corrected chi connectivity index (χ4v) is 3.45. The number of anilines is 1. The Labute approximate surface area is 111 Å². The van der Waals surface area contributed by atoms with Crippen LogP contribution in [0.5, 0.6) is 0 Å². The molecule has 1 amide bonds. The first-order valence-corrected chi connectivity index (χ1v) is 7.03. The summed E-state index contributed by atoms with van der Waals surface area (Å²) >= 11 is 1.20.